The van der Waals surface area contributed by atoms with E-state index in [1.165, 1.54) is 0 Å². The van der Waals surface area contributed by atoms with Crippen LogP contribution in [0.4, 0.5) is 19.8 Å². The summed E-state index contributed by atoms with van der Waals surface area (Å²) >= 11 is 0. The normalized spacial score (nSPS) is 11.6. The van der Waals surface area contributed by atoms with Crippen LogP contribution in [-0.4, -0.2) is 57.7 Å². The summed E-state index contributed by atoms with van der Waals surface area (Å²) in [5, 5.41) is 9.42. The molecule has 0 aliphatic carbocycles. The summed E-state index contributed by atoms with van der Waals surface area (Å²) in [4.78, 5) is 44.9. The number of halogens is 1. The van der Waals surface area contributed by atoms with Crippen molar-refractivity contribution in [3.8, 4) is 5.88 Å². The maximum atomic E-state index is 12.7. The molecule has 0 aliphatic rings. The number of carbonyl (C=O) groups excluding carboxylic acids is 2. The number of rotatable bonds is 6. The van der Waals surface area contributed by atoms with Crippen molar-refractivity contribution in [1.29, 1.82) is 0 Å². The van der Waals surface area contributed by atoms with Crippen LogP contribution in [0.3, 0.4) is 0 Å². The number of carbonyl (C=O) groups is 3. The molecule has 2 amide bonds. The number of hydrogen-bond acceptors (Lipinski definition) is 8. The maximum absolute atomic E-state index is 12.7. The predicted octanol–water partition coefficient (Wildman–Crippen LogP) is 3.59. The smallest absolute Gasteiger partial charge is 0.425 e. The highest BCUT2D eigenvalue weighted by molar-refractivity contribution is 6.11. The van der Waals surface area contributed by atoms with Crippen LogP contribution >= 0.6 is 0 Å². The molecule has 0 unspecified atom stereocenters. The minimum absolute atomic E-state index is 0.0596. The van der Waals surface area contributed by atoms with E-state index >= 15 is 0 Å². The van der Waals surface area contributed by atoms with E-state index in [1.54, 1.807) is 41.5 Å². The largest absolute Gasteiger partial charge is 0.476 e. The van der Waals surface area contributed by atoms with Crippen LogP contribution in [0.5, 0.6) is 5.88 Å². The second-order valence-corrected chi connectivity index (χ2v) is 7.87. The molecule has 0 atom stereocenters. The lowest BCUT2D eigenvalue weighted by Gasteiger charge is -2.28. The Labute approximate surface area is 168 Å². The highest BCUT2D eigenvalue weighted by atomic mass is 19.1. The number of aromatic carboxylic acids is 1. The third-order valence-corrected chi connectivity index (χ3v) is 2.83. The molecule has 29 heavy (non-hydrogen) atoms. The monoisotopic (exact) mass is 415 g/mol. The molecule has 1 aromatic rings. The van der Waals surface area contributed by atoms with E-state index in [2.05, 4.69) is 9.97 Å². The van der Waals surface area contributed by atoms with Crippen molar-refractivity contribution < 1.29 is 38.1 Å². The molecule has 1 N–H and O–H groups in total. The highest BCUT2D eigenvalue weighted by Crippen LogP contribution is 2.25. The Morgan fingerprint density at radius 1 is 1.07 bits per heavy atom. The number of ether oxygens (including phenoxy) is 3. The van der Waals surface area contributed by atoms with Gasteiger partial charge in [-0.1, -0.05) is 0 Å². The molecular weight excluding hydrogens is 389 g/mol. The number of hydrogen-bond donors (Lipinski definition) is 1. The fourth-order valence-electron chi connectivity index (χ4n) is 1.83. The Balaban J connectivity index is 3.46. The Morgan fingerprint density at radius 3 is 2.00 bits per heavy atom. The molecule has 162 valence electrons. The van der Waals surface area contributed by atoms with Crippen molar-refractivity contribution in [3.05, 3.63) is 11.9 Å². The molecule has 0 bridgehead atoms. The Hall–Kier alpha value is -2.98. The van der Waals surface area contributed by atoms with Crippen molar-refractivity contribution in [3.63, 3.8) is 0 Å². The average molecular weight is 415 g/mol. The number of alkyl halides is 1. The summed E-state index contributed by atoms with van der Waals surface area (Å²) in [5.41, 5.74) is -2.69. The van der Waals surface area contributed by atoms with E-state index in [1.807, 2.05) is 0 Å². The molecule has 0 radical (unpaired) electrons. The molecule has 1 rings (SSSR count). The van der Waals surface area contributed by atoms with E-state index in [0.29, 0.717) is 4.90 Å². The van der Waals surface area contributed by atoms with E-state index in [9.17, 15) is 23.9 Å². The van der Waals surface area contributed by atoms with E-state index in [4.69, 9.17) is 14.2 Å². The Morgan fingerprint density at radius 2 is 1.59 bits per heavy atom. The molecule has 1 aromatic heterocycles. The molecule has 0 fully saturated rings. The molecule has 0 aliphatic heterocycles. The zero-order chi connectivity index (χ0) is 22.4. The Kier molecular flexibility index (Phi) is 7.87. The average Bonchev–Trinajstić information content (AvgIpc) is 2.51. The third-order valence-electron chi connectivity index (χ3n) is 2.83. The van der Waals surface area contributed by atoms with Crippen LogP contribution < -0.4 is 9.64 Å². The van der Waals surface area contributed by atoms with Gasteiger partial charge in [0.15, 0.2) is 11.5 Å². The molecular formula is C18H26FN3O7. The number of carboxylic acid groups (broad SMARTS) is 1. The first kappa shape index (κ1) is 24.1. The van der Waals surface area contributed by atoms with Crippen LogP contribution in [0.1, 0.15) is 58.5 Å². The number of imide groups is 1. The van der Waals surface area contributed by atoms with Gasteiger partial charge >= 0.3 is 18.2 Å². The molecule has 0 spiro atoms. The van der Waals surface area contributed by atoms with Gasteiger partial charge in [0.05, 0.1) is 19.5 Å². The second-order valence-electron chi connectivity index (χ2n) is 7.87. The summed E-state index contributed by atoms with van der Waals surface area (Å²) in [6.45, 7) is 8.72. The predicted molar refractivity (Wildman–Crippen MR) is 100 cm³/mol. The fraction of sp³-hybridized carbons (Fsp3) is 0.611. The zero-order valence-electron chi connectivity index (χ0n) is 17.3. The first-order valence-electron chi connectivity index (χ1n) is 8.80. The van der Waals surface area contributed by atoms with Gasteiger partial charge in [-0.3, -0.25) is 4.39 Å². The van der Waals surface area contributed by atoms with Crippen LogP contribution in [0, 0.1) is 0 Å². The first-order chi connectivity index (χ1) is 13.2. The topological polar surface area (TPSA) is 128 Å². The lowest BCUT2D eigenvalue weighted by molar-refractivity contribution is 0.0428. The molecule has 0 saturated heterocycles. The second kappa shape index (κ2) is 9.48. The summed E-state index contributed by atoms with van der Waals surface area (Å²) in [6, 6.07) is 0. The summed E-state index contributed by atoms with van der Waals surface area (Å²) in [6.07, 6.45) is -1.35. The SMILES string of the molecule is CC(C)(C)OC(=O)N(C(=O)OC(C)(C)C)c1nc(OCCCF)cnc1C(=O)O. The van der Waals surface area contributed by atoms with Gasteiger partial charge in [-0.05, 0) is 41.5 Å². The van der Waals surface area contributed by atoms with Gasteiger partial charge in [0, 0.05) is 6.42 Å². The van der Waals surface area contributed by atoms with Crippen molar-refractivity contribution in [2.24, 2.45) is 0 Å². The molecule has 10 nitrogen and oxygen atoms in total. The van der Waals surface area contributed by atoms with Crippen LogP contribution in [0.15, 0.2) is 6.20 Å². The molecule has 1 heterocycles. The zero-order valence-corrected chi connectivity index (χ0v) is 17.3. The number of amides is 2. The minimum atomic E-state index is -1.54. The maximum Gasteiger partial charge on any atom is 0.425 e. The van der Waals surface area contributed by atoms with E-state index < -0.39 is 47.5 Å². The van der Waals surface area contributed by atoms with E-state index in [0.717, 1.165) is 6.20 Å². The Bertz CT molecular complexity index is 729. The highest BCUT2D eigenvalue weighted by Gasteiger charge is 2.37. The van der Waals surface area contributed by atoms with E-state index in [-0.39, 0.29) is 18.9 Å². The van der Waals surface area contributed by atoms with Gasteiger partial charge in [-0.25, -0.2) is 19.4 Å². The number of anilines is 1. The minimum Gasteiger partial charge on any atom is -0.476 e. The summed E-state index contributed by atoms with van der Waals surface area (Å²) < 4.78 is 27.9. The molecule has 0 saturated carbocycles. The van der Waals surface area contributed by atoms with Gasteiger partial charge in [-0.15, -0.1) is 0 Å². The number of nitrogens with zero attached hydrogens (tertiary/aromatic N) is 3. The van der Waals surface area contributed by atoms with Gasteiger partial charge in [0.2, 0.25) is 5.88 Å². The van der Waals surface area contributed by atoms with Gasteiger partial charge < -0.3 is 19.3 Å². The van der Waals surface area contributed by atoms with Gasteiger partial charge in [-0.2, -0.15) is 9.88 Å². The number of aromatic nitrogens is 2. The standard InChI is InChI=1S/C18H26FN3O7/c1-17(2,3)28-15(25)22(16(26)29-18(4,5)6)13-12(14(23)24)20-10-11(21-13)27-9-7-8-19/h10H,7-9H2,1-6H3,(H,23,24). The van der Waals surface area contributed by atoms with Gasteiger partial charge in [0.25, 0.3) is 0 Å². The van der Waals surface area contributed by atoms with Crippen molar-refractivity contribution in [2.75, 3.05) is 18.2 Å². The molecule has 11 heteroatoms. The van der Waals surface area contributed by atoms with Gasteiger partial charge in [0.1, 0.15) is 11.2 Å². The van der Waals surface area contributed by atoms with Crippen molar-refractivity contribution in [2.45, 2.75) is 59.2 Å². The fourth-order valence-corrected chi connectivity index (χ4v) is 1.83. The van der Waals surface area contributed by atoms with Crippen LogP contribution in [0.25, 0.3) is 0 Å². The van der Waals surface area contributed by atoms with Crippen molar-refractivity contribution in [1.82, 2.24) is 9.97 Å². The number of carboxylic acids is 1. The summed E-state index contributed by atoms with van der Waals surface area (Å²) in [5.74, 6) is -2.38. The van der Waals surface area contributed by atoms with Crippen LogP contribution in [0.2, 0.25) is 0 Å². The lowest BCUT2D eigenvalue weighted by atomic mass is 10.2. The molecule has 0 aromatic carbocycles. The lowest BCUT2D eigenvalue weighted by Crippen LogP contribution is -2.45. The third kappa shape index (κ3) is 7.88. The first-order valence-corrected chi connectivity index (χ1v) is 8.80. The van der Waals surface area contributed by atoms with Crippen LogP contribution in [-0.2, 0) is 9.47 Å². The quantitative estimate of drug-likeness (QED) is 0.693. The van der Waals surface area contributed by atoms with Crippen molar-refractivity contribution >= 4 is 24.0 Å². The summed E-state index contributed by atoms with van der Waals surface area (Å²) in [7, 11) is 0.